The Morgan fingerprint density at radius 2 is 1.68 bits per heavy atom. The van der Waals surface area contributed by atoms with E-state index in [2.05, 4.69) is 69.7 Å². The van der Waals surface area contributed by atoms with Crippen molar-refractivity contribution in [1.29, 1.82) is 0 Å². The van der Waals surface area contributed by atoms with Crippen LogP contribution in [0.2, 0.25) is 0 Å². The van der Waals surface area contributed by atoms with Crippen molar-refractivity contribution >= 4 is 23.2 Å². The molecule has 0 fully saturated rings. The third kappa shape index (κ3) is 1.41. The first-order chi connectivity index (χ1) is 11.8. The van der Waals surface area contributed by atoms with Gasteiger partial charge in [-0.1, -0.05) is 65.1 Å². The van der Waals surface area contributed by atoms with Gasteiger partial charge in [0.1, 0.15) is 0 Å². The Hall–Kier alpha value is -2.61. The van der Waals surface area contributed by atoms with Gasteiger partial charge in [0.25, 0.3) is 0 Å². The number of hydrogen-bond acceptors (Lipinski definition) is 1. The number of rotatable bonds is 1. The lowest BCUT2D eigenvalue weighted by atomic mass is 9.69. The van der Waals surface area contributed by atoms with E-state index >= 15 is 0 Å². The van der Waals surface area contributed by atoms with E-state index in [0.29, 0.717) is 0 Å². The largest absolute Gasteiger partial charge is 0.306 e. The molecule has 0 unspecified atom stereocenters. The molecule has 0 amide bonds. The quantitative estimate of drug-likeness (QED) is 0.667. The van der Waals surface area contributed by atoms with Crippen LogP contribution < -0.4 is 10.6 Å². The lowest BCUT2D eigenvalue weighted by Gasteiger charge is -2.41. The van der Waals surface area contributed by atoms with Crippen LogP contribution in [-0.4, -0.2) is 9.55 Å². The SMILES string of the molecule is C=CC1=c2c(=C)c3nccc4c3n2-c2c(cccc2C4(C)C)C1(C)C. The predicted octanol–water partition coefficient (Wildman–Crippen LogP) is 3.70. The minimum absolute atomic E-state index is 0.0631. The van der Waals surface area contributed by atoms with E-state index in [1.54, 1.807) is 0 Å². The number of pyridine rings is 1. The zero-order chi connectivity index (χ0) is 17.7. The van der Waals surface area contributed by atoms with Gasteiger partial charge in [-0.25, -0.2) is 0 Å². The predicted molar refractivity (Wildman–Crippen MR) is 105 cm³/mol. The lowest BCUT2D eigenvalue weighted by Crippen LogP contribution is -2.43. The third-order valence-corrected chi connectivity index (χ3v) is 6.36. The molecular formula is C23H22N2. The number of para-hydroxylation sites is 1. The summed E-state index contributed by atoms with van der Waals surface area (Å²) < 4.78 is 2.40. The second-order valence-electron chi connectivity index (χ2n) is 8.29. The highest BCUT2D eigenvalue weighted by Crippen LogP contribution is 2.48. The Morgan fingerprint density at radius 1 is 1.00 bits per heavy atom. The van der Waals surface area contributed by atoms with Gasteiger partial charge >= 0.3 is 0 Å². The molecule has 2 nitrogen and oxygen atoms in total. The summed E-state index contributed by atoms with van der Waals surface area (Å²) in [4.78, 5) is 4.70. The van der Waals surface area contributed by atoms with Crippen LogP contribution in [-0.2, 0) is 10.8 Å². The molecule has 2 heteroatoms. The molecule has 2 aliphatic rings. The summed E-state index contributed by atoms with van der Waals surface area (Å²) in [6, 6.07) is 8.90. The van der Waals surface area contributed by atoms with Crippen molar-refractivity contribution in [2.45, 2.75) is 38.5 Å². The van der Waals surface area contributed by atoms with Crippen LogP contribution in [0.15, 0.2) is 43.1 Å². The number of benzene rings is 1. The lowest BCUT2D eigenvalue weighted by molar-refractivity contribution is 0.602. The van der Waals surface area contributed by atoms with Gasteiger partial charge in [-0.3, -0.25) is 4.98 Å². The third-order valence-electron chi connectivity index (χ3n) is 6.36. The fraction of sp³-hybridized carbons (Fsp3) is 0.261. The van der Waals surface area contributed by atoms with Crippen molar-refractivity contribution in [3.05, 3.63) is 70.4 Å². The average molecular weight is 326 g/mol. The Balaban J connectivity index is 2.25. The normalized spacial score (nSPS) is 18.5. The molecular weight excluding hydrogens is 304 g/mol. The van der Waals surface area contributed by atoms with Crippen LogP contribution in [0, 0.1) is 0 Å². The minimum atomic E-state index is -0.114. The van der Waals surface area contributed by atoms with Crippen molar-refractivity contribution in [2.75, 3.05) is 0 Å². The van der Waals surface area contributed by atoms with E-state index in [0.717, 1.165) is 10.7 Å². The van der Waals surface area contributed by atoms with Gasteiger partial charge in [0.2, 0.25) is 0 Å². The van der Waals surface area contributed by atoms with E-state index in [4.69, 9.17) is 4.98 Å². The number of aromatic nitrogens is 2. The number of hydrogen-bond donors (Lipinski definition) is 0. The van der Waals surface area contributed by atoms with Crippen LogP contribution in [0.25, 0.3) is 28.9 Å². The highest BCUT2D eigenvalue weighted by molar-refractivity contribution is 5.91. The van der Waals surface area contributed by atoms with Crippen molar-refractivity contribution < 1.29 is 0 Å². The van der Waals surface area contributed by atoms with E-state index in [1.165, 1.54) is 38.8 Å². The second-order valence-corrected chi connectivity index (χ2v) is 8.29. The van der Waals surface area contributed by atoms with Crippen LogP contribution >= 0.6 is 0 Å². The summed E-state index contributed by atoms with van der Waals surface area (Å²) in [6.45, 7) is 17.8. The summed E-state index contributed by atoms with van der Waals surface area (Å²) in [5.41, 5.74) is 8.64. The monoisotopic (exact) mass is 326 g/mol. The van der Waals surface area contributed by atoms with Gasteiger partial charge < -0.3 is 4.57 Å². The molecule has 5 rings (SSSR count). The van der Waals surface area contributed by atoms with E-state index in [9.17, 15) is 0 Å². The van der Waals surface area contributed by atoms with Crippen molar-refractivity contribution in [3.8, 4) is 5.69 Å². The summed E-state index contributed by atoms with van der Waals surface area (Å²) in [5.74, 6) is 0. The molecule has 0 spiro atoms. The Kier molecular flexibility index (Phi) is 2.43. The van der Waals surface area contributed by atoms with Crippen molar-refractivity contribution in [1.82, 2.24) is 9.55 Å². The van der Waals surface area contributed by atoms with E-state index in [-0.39, 0.29) is 10.8 Å². The fourth-order valence-corrected chi connectivity index (χ4v) is 5.00. The standard InChI is InChI=1S/C23H22N2/c1-7-14-19-13(2)18-21-17(11-12-24-18)23(5,6)16-10-8-9-15(22(14,3)4)20(16)25(19)21/h7-12H,1-2H2,3-6H3. The van der Waals surface area contributed by atoms with Gasteiger partial charge in [0, 0.05) is 22.2 Å². The highest BCUT2D eigenvalue weighted by atomic mass is 15.0. The van der Waals surface area contributed by atoms with Gasteiger partial charge in [-0.2, -0.15) is 0 Å². The zero-order valence-electron chi connectivity index (χ0n) is 15.3. The zero-order valence-corrected chi connectivity index (χ0v) is 15.3. The summed E-state index contributed by atoms with van der Waals surface area (Å²) in [5, 5.41) is 2.18. The number of allylic oxidation sites excluding steroid dienone is 1. The van der Waals surface area contributed by atoms with Gasteiger partial charge in [-0.15, -0.1) is 0 Å². The molecule has 1 aromatic carbocycles. The van der Waals surface area contributed by atoms with Crippen LogP contribution in [0.4, 0.5) is 0 Å². The van der Waals surface area contributed by atoms with Crippen molar-refractivity contribution in [2.24, 2.45) is 0 Å². The molecule has 124 valence electrons. The summed E-state index contributed by atoms with van der Waals surface area (Å²) in [6.07, 6.45) is 3.93. The van der Waals surface area contributed by atoms with Crippen LogP contribution in [0.5, 0.6) is 0 Å². The minimum Gasteiger partial charge on any atom is -0.306 e. The Bertz CT molecular complexity index is 1220. The van der Waals surface area contributed by atoms with Gasteiger partial charge in [0.15, 0.2) is 0 Å². The second kappa shape index (κ2) is 4.13. The highest BCUT2D eigenvalue weighted by Gasteiger charge is 2.42. The van der Waals surface area contributed by atoms with Crippen LogP contribution in [0.3, 0.4) is 0 Å². The van der Waals surface area contributed by atoms with Gasteiger partial charge in [-0.05, 0) is 28.3 Å². The molecule has 0 saturated carbocycles. The maximum Gasteiger partial charge on any atom is 0.0960 e. The maximum atomic E-state index is 4.70. The molecule has 0 bridgehead atoms. The fourth-order valence-electron chi connectivity index (χ4n) is 5.00. The number of nitrogens with zero attached hydrogens (tertiary/aromatic N) is 2. The van der Waals surface area contributed by atoms with Gasteiger partial charge in [0.05, 0.1) is 22.1 Å². The molecule has 0 N–H and O–H groups in total. The first kappa shape index (κ1) is 14.7. The molecule has 0 saturated heterocycles. The Morgan fingerprint density at radius 3 is 2.36 bits per heavy atom. The first-order valence-electron chi connectivity index (χ1n) is 8.82. The average Bonchev–Trinajstić information content (AvgIpc) is 2.87. The van der Waals surface area contributed by atoms with E-state index < -0.39 is 0 Å². The van der Waals surface area contributed by atoms with Crippen LogP contribution in [0.1, 0.15) is 44.4 Å². The molecule has 0 aliphatic carbocycles. The molecule has 4 heterocycles. The smallest absolute Gasteiger partial charge is 0.0960 e. The molecule has 2 aliphatic heterocycles. The van der Waals surface area contributed by atoms with E-state index in [1.807, 2.05) is 12.3 Å². The summed E-state index contributed by atoms with van der Waals surface area (Å²) in [7, 11) is 0. The molecule has 0 atom stereocenters. The molecule has 3 aromatic rings. The molecule has 25 heavy (non-hydrogen) atoms. The Labute approximate surface area is 147 Å². The molecule has 2 aromatic heterocycles. The van der Waals surface area contributed by atoms with Crippen molar-refractivity contribution in [3.63, 3.8) is 0 Å². The first-order valence-corrected chi connectivity index (χ1v) is 8.82. The topological polar surface area (TPSA) is 17.8 Å². The molecule has 0 radical (unpaired) electrons. The summed E-state index contributed by atoms with van der Waals surface area (Å²) >= 11 is 0. The maximum absolute atomic E-state index is 4.70.